The lowest BCUT2D eigenvalue weighted by molar-refractivity contribution is -0.137. The van der Waals surface area contributed by atoms with Gasteiger partial charge >= 0.3 is 5.97 Å². The molecule has 0 aromatic heterocycles. The Morgan fingerprint density at radius 2 is 1.61 bits per heavy atom. The van der Waals surface area contributed by atoms with Crippen molar-refractivity contribution >= 4 is 17.7 Å². The van der Waals surface area contributed by atoms with Crippen LogP contribution < -0.4 is 10.9 Å². The monoisotopic (exact) mass is 544 g/mol. The van der Waals surface area contributed by atoms with Crippen molar-refractivity contribution < 1.29 is 19.0 Å². The number of hydrazine groups is 1. The van der Waals surface area contributed by atoms with Gasteiger partial charge in [0.25, 0.3) is 0 Å². The summed E-state index contributed by atoms with van der Waals surface area (Å²) in [6.07, 6.45) is 18.5. The molecule has 0 aromatic rings. The average Bonchev–Trinajstić information content (AvgIpc) is 3.60. The predicted octanol–water partition coefficient (Wildman–Crippen LogP) is 5.87. The van der Waals surface area contributed by atoms with Gasteiger partial charge in [-0.05, 0) is 70.6 Å². The Bertz CT molecular complexity index is 821. The van der Waals surface area contributed by atoms with Crippen LogP contribution in [0.15, 0.2) is 12.7 Å². The fourth-order valence-electron chi connectivity index (χ4n) is 5.01. The van der Waals surface area contributed by atoms with Crippen molar-refractivity contribution in [3.05, 3.63) is 12.7 Å². The maximum atomic E-state index is 11.0. The third-order valence-corrected chi connectivity index (χ3v) is 8.68. The van der Waals surface area contributed by atoms with E-state index < -0.39 is 0 Å². The first-order valence-corrected chi connectivity index (χ1v) is 15.9. The molecule has 4 unspecified atom stereocenters. The lowest BCUT2D eigenvalue weighted by Gasteiger charge is -2.26. The third kappa shape index (κ3) is 12.6. The molecule has 2 N–H and O–H groups in total. The minimum atomic E-state index is -0.359. The summed E-state index contributed by atoms with van der Waals surface area (Å²) in [6.45, 7) is 7.02. The quantitative estimate of drug-likeness (QED) is 0.123. The Kier molecular flexibility index (Phi) is 15.3. The Morgan fingerprint density at radius 1 is 0.895 bits per heavy atom. The SMILES string of the molecule is C=CC(=O)OCCCCCC1NNC(C#CC2CCC(C#CC3CCC(OCCCCCCC)CC3)S2)O1. The topological polar surface area (TPSA) is 68.8 Å². The van der Waals surface area contributed by atoms with Crippen LogP contribution in [0, 0.1) is 29.6 Å². The number of carbonyl (C=O) groups is 1. The largest absolute Gasteiger partial charge is 0.463 e. The molecule has 38 heavy (non-hydrogen) atoms. The van der Waals surface area contributed by atoms with E-state index in [1.165, 1.54) is 51.0 Å². The second kappa shape index (κ2) is 18.7. The lowest BCUT2D eigenvalue weighted by Crippen LogP contribution is -2.32. The van der Waals surface area contributed by atoms with Crippen molar-refractivity contribution in [2.24, 2.45) is 5.92 Å². The number of thioether (sulfide) groups is 1. The van der Waals surface area contributed by atoms with Crippen LogP contribution in [-0.2, 0) is 19.0 Å². The Morgan fingerprint density at radius 3 is 2.37 bits per heavy atom. The van der Waals surface area contributed by atoms with Crippen LogP contribution in [0.4, 0.5) is 0 Å². The molecule has 0 bridgehead atoms. The molecule has 4 atom stereocenters. The first kappa shape index (κ1) is 31.1. The number of nitrogens with one attached hydrogen (secondary N) is 2. The molecule has 7 heteroatoms. The number of carbonyl (C=O) groups excluding carboxylic acids is 1. The third-order valence-electron chi connectivity index (χ3n) is 7.32. The van der Waals surface area contributed by atoms with Gasteiger partial charge in [0.2, 0.25) is 0 Å². The Labute approximate surface area is 235 Å². The van der Waals surface area contributed by atoms with Crippen LogP contribution in [-0.4, -0.2) is 48.2 Å². The molecule has 0 amide bonds. The average molecular weight is 545 g/mol. The van der Waals surface area contributed by atoms with E-state index in [0.717, 1.165) is 58.0 Å². The van der Waals surface area contributed by atoms with E-state index in [1.807, 2.05) is 11.8 Å². The molecule has 6 nitrogen and oxygen atoms in total. The molecule has 0 aromatic carbocycles. The molecule has 0 radical (unpaired) electrons. The second-order valence-electron chi connectivity index (χ2n) is 10.5. The molecular weight excluding hydrogens is 496 g/mol. The van der Waals surface area contributed by atoms with E-state index >= 15 is 0 Å². The van der Waals surface area contributed by atoms with Gasteiger partial charge in [0, 0.05) is 18.6 Å². The summed E-state index contributed by atoms with van der Waals surface area (Å²) >= 11 is 1.91. The predicted molar refractivity (Wildman–Crippen MR) is 155 cm³/mol. The molecule has 0 spiro atoms. The smallest absolute Gasteiger partial charge is 0.330 e. The molecule has 3 fully saturated rings. The van der Waals surface area contributed by atoms with Gasteiger partial charge in [-0.2, -0.15) is 0 Å². The van der Waals surface area contributed by atoms with Crippen molar-refractivity contribution in [1.29, 1.82) is 0 Å². The van der Waals surface area contributed by atoms with Crippen molar-refractivity contribution in [3.8, 4) is 23.7 Å². The highest BCUT2D eigenvalue weighted by Gasteiger charge is 2.25. The zero-order valence-electron chi connectivity index (χ0n) is 23.3. The van der Waals surface area contributed by atoms with Crippen molar-refractivity contribution in [3.63, 3.8) is 0 Å². The number of unbranched alkanes of at least 4 members (excludes halogenated alkanes) is 6. The van der Waals surface area contributed by atoms with Crippen LogP contribution in [0.25, 0.3) is 0 Å². The first-order valence-electron chi connectivity index (χ1n) is 14.9. The van der Waals surface area contributed by atoms with E-state index in [2.05, 4.69) is 48.0 Å². The molecular formula is C31H48N2O4S. The molecule has 1 saturated carbocycles. The van der Waals surface area contributed by atoms with Gasteiger partial charge in [-0.1, -0.05) is 62.9 Å². The summed E-state index contributed by atoms with van der Waals surface area (Å²) in [6, 6.07) is 0. The standard InChI is InChI=1S/C31H48N2O4S/c1-3-5-6-7-10-23-35-26-16-13-25(14-17-26)15-18-27-19-20-28(38-27)21-22-30-33-32-29(37-30)12-9-8-11-24-36-31(34)4-2/h4,25-30,32-33H,2-3,5-14,16-17,19-20,23-24H2,1H3. The number of hydrogen-bond acceptors (Lipinski definition) is 7. The Hall–Kier alpha value is -1.48. The fraction of sp³-hybridized carbons (Fsp3) is 0.774. The van der Waals surface area contributed by atoms with E-state index in [0.29, 0.717) is 29.1 Å². The maximum absolute atomic E-state index is 11.0. The highest BCUT2D eigenvalue weighted by Crippen LogP contribution is 2.33. The van der Waals surface area contributed by atoms with Crippen LogP contribution in [0.2, 0.25) is 0 Å². The molecule has 2 heterocycles. The van der Waals surface area contributed by atoms with Crippen LogP contribution >= 0.6 is 11.8 Å². The molecule has 212 valence electrons. The fourth-order valence-corrected chi connectivity index (χ4v) is 6.22. The van der Waals surface area contributed by atoms with Gasteiger partial charge in [-0.3, -0.25) is 0 Å². The van der Waals surface area contributed by atoms with Gasteiger partial charge in [0.1, 0.15) is 6.23 Å². The highest BCUT2D eigenvalue weighted by atomic mass is 32.2. The molecule has 1 aliphatic carbocycles. The minimum absolute atomic E-state index is 0.0360. The van der Waals surface area contributed by atoms with Gasteiger partial charge < -0.3 is 14.2 Å². The normalized spacial score (nSPS) is 28.7. The second-order valence-corrected chi connectivity index (χ2v) is 12.0. The number of ether oxygens (including phenoxy) is 3. The summed E-state index contributed by atoms with van der Waals surface area (Å²) in [5.74, 6) is 14.0. The molecule has 2 aliphatic heterocycles. The summed E-state index contributed by atoms with van der Waals surface area (Å²) in [4.78, 5) is 11.0. The summed E-state index contributed by atoms with van der Waals surface area (Å²) in [5, 5.41) is 0.735. The first-order chi connectivity index (χ1) is 18.7. The van der Waals surface area contributed by atoms with Crippen LogP contribution in [0.3, 0.4) is 0 Å². The maximum Gasteiger partial charge on any atom is 0.330 e. The molecule has 3 aliphatic rings. The van der Waals surface area contributed by atoms with E-state index in [1.54, 1.807) is 0 Å². The molecule has 2 saturated heterocycles. The number of rotatable bonds is 14. The minimum Gasteiger partial charge on any atom is -0.463 e. The molecule has 3 rings (SSSR count). The van der Waals surface area contributed by atoms with Gasteiger partial charge in [0.05, 0.1) is 23.2 Å². The summed E-state index contributed by atoms with van der Waals surface area (Å²) < 4.78 is 17.1. The van der Waals surface area contributed by atoms with Gasteiger partial charge in [-0.15, -0.1) is 11.8 Å². The van der Waals surface area contributed by atoms with Gasteiger partial charge in [0.15, 0.2) is 6.23 Å². The van der Waals surface area contributed by atoms with Crippen molar-refractivity contribution in [1.82, 2.24) is 10.9 Å². The zero-order valence-corrected chi connectivity index (χ0v) is 24.1. The van der Waals surface area contributed by atoms with Gasteiger partial charge in [-0.25, -0.2) is 15.6 Å². The summed E-state index contributed by atoms with van der Waals surface area (Å²) in [5.41, 5.74) is 6.32. The van der Waals surface area contributed by atoms with Crippen molar-refractivity contribution in [2.45, 2.75) is 132 Å². The van der Waals surface area contributed by atoms with Crippen LogP contribution in [0.1, 0.15) is 103 Å². The van der Waals surface area contributed by atoms with Crippen LogP contribution in [0.5, 0.6) is 0 Å². The lowest BCUT2D eigenvalue weighted by atomic mass is 9.87. The highest BCUT2D eigenvalue weighted by molar-refractivity contribution is 8.01. The van der Waals surface area contributed by atoms with E-state index in [9.17, 15) is 4.79 Å². The number of hydrogen-bond donors (Lipinski definition) is 2. The zero-order chi connectivity index (χ0) is 26.8. The van der Waals surface area contributed by atoms with Crippen molar-refractivity contribution in [2.75, 3.05) is 13.2 Å². The van der Waals surface area contributed by atoms with E-state index in [-0.39, 0.29) is 18.4 Å². The number of esters is 1. The summed E-state index contributed by atoms with van der Waals surface area (Å²) in [7, 11) is 0. The van der Waals surface area contributed by atoms with E-state index in [4.69, 9.17) is 14.2 Å². The Balaban J connectivity index is 1.23.